The van der Waals surface area contributed by atoms with E-state index in [-0.39, 0.29) is 55.8 Å². The van der Waals surface area contributed by atoms with Gasteiger partial charge in [0.15, 0.2) is 5.71 Å². The highest BCUT2D eigenvalue weighted by molar-refractivity contribution is 7.86. The molecule has 2 aliphatic rings. The summed E-state index contributed by atoms with van der Waals surface area (Å²) in [4.78, 5) is 40.7. The number of esters is 2. The molecule has 3 N–H and O–H groups in total. The van der Waals surface area contributed by atoms with Crippen LogP contribution in [-0.2, 0) is 50.7 Å². The number of rotatable bonds is 19. The molecule has 0 fully saturated rings. The van der Waals surface area contributed by atoms with E-state index in [0.29, 0.717) is 40.2 Å². The van der Waals surface area contributed by atoms with Crippen LogP contribution in [0.2, 0.25) is 0 Å². The van der Waals surface area contributed by atoms with Crippen molar-refractivity contribution in [3.63, 3.8) is 0 Å². The number of benzene rings is 2. The number of fused-ring (bicyclic) bond motifs is 2. The summed E-state index contributed by atoms with van der Waals surface area (Å²) in [5, 5.41) is 10.0. The maximum absolute atomic E-state index is 13.5. The van der Waals surface area contributed by atoms with Gasteiger partial charge in [-0.05, 0) is 57.4 Å². The van der Waals surface area contributed by atoms with Crippen LogP contribution in [0.1, 0.15) is 103 Å². The van der Waals surface area contributed by atoms with Gasteiger partial charge < -0.3 is 24.0 Å². The molecule has 0 unspecified atom stereocenters. The van der Waals surface area contributed by atoms with Gasteiger partial charge in [0, 0.05) is 53.2 Å². The third-order valence-electron chi connectivity index (χ3n) is 9.83. The number of hydrogen-bond acceptors (Lipinski definition) is 13. The number of carboxylic acids is 1. The number of carbonyl (C=O) groups excluding carboxylic acids is 2. The standard InChI is InChI=1S/C38H48N2O15S3/c1-6-18-54-35(43)26-12-7-13-28-32(26)37(2,3)30(39(28)16-9-20-56(45,46)47)14-8-15-31-38(4,5)33-27(36(44)55-19-11-22-58(51,52)53)23-25(34(41)42)24-29(33)40(31)17-10-21-57(48,49)50/h7-8,12-15,23-24H,6,9-11,16-22H2,1-5H3,(H3-,41,42,45,46,47,48,49,50,51,52,53). The smallest absolute Gasteiger partial charge is 0.338 e. The Bertz CT molecular complexity index is 2400. The molecule has 0 atom stereocenters. The highest BCUT2D eigenvalue weighted by atomic mass is 32.2. The number of anilines is 1. The molecule has 58 heavy (non-hydrogen) atoms. The fourth-order valence-electron chi connectivity index (χ4n) is 7.43. The maximum Gasteiger partial charge on any atom is 0.338 e. The molecule has 0 saturated heterocycles. The van der Waals surface area contributed by atoms with E-state index in [2.05, 4.69) is 0 Å². The molecule has 17 nitrogen and oxygen atoms in total. The van der Waals surface area contributed by atoms with Crippen molar-refractivity contribution in [1.29, 1.82) is 0 Å². The minimum absolute atomic E-state index is 0.0330. The second-order valence-electron chi connectivity index (χ2n) is 14.9. The molecule has 0 radical (unpaired) electrons. The van der Waals surface area contributed by atoms with Crippen LogP contribution in [0.5, 0.6) is 0 Å². The molecule has 20 heteroatoms. The highest BCUT2D eigenvalue weighted by Gasteiger charge is 2.48. The average Bonchev–Trinajstić information content (AvgIpc) is 3.45. The van der Waals surface area contributed by atoms with E-state index in [9.17, 15) is 53.8 Å². The lowest BCUT2D eigenvalue weighted by Gasteiger charge is -2.27. The summed E-state index contributed by atoms with van der Waals surface area (Å²) in [5.41, 5.74) is 0.742. The van der Waals surface area contributed by atoms with Crippen LogP contribution in [0.4, 0.5) is 11.4 Å². The van der Waals surface area contributed by atoms with Crippen LogP contribution in [0.15, 0.2) is 54.3 Å². The van der Waals surface area contributed by atoms with Crippen molar-refractivity contribution in [3.8, 4) is 0 Å². The zero-order valence-corrected chi connectivity index (χ0v) is 35.2. The van der Waals surface area contributed by atoms with E-state index in [1.54, 1.807) is 55.2 Å². The van der Waals surface area contributed by atoms with Crippen molar-refractivity contribution in [3.05, 3.63) is 82.1 Å². The quantitative estimate of drug-likeness (QED) is 0.0773. The zero-order chi connectivity index (χ0) is 43.4. The first-order valence-electron chi connectivity index (χ1n) is 18.3. The lowest BCUT2D eigenvalue weighted by atomic mass is 9.78. The van der Waals surface area contributed by atoms with Gasteiger partial charge in [0.2, 0.25) is 5.69 Å². The van der Waals surface area contributed by atoms with Crippen LogP contribution in [0, 0.1) is 0 Å². The van der Waals surface area contributed by atoms with Crippen LogP contribution < -0.4 is 4.90 Å². The molecule has 0 aliphatic carbocycles. The van der Waals surface area contributed by atoms with Gasteiger partial charge in [-0.15, -0.1) is 0 Å². The summed E-state index contributed by atoms with van der Waals surface area (Å²) in [7, 11) is -13.3. The molecule has 2 aromatic rings. The van der Waals surface area contributed by atoms with E-state index in [4.69, 9.17) is 14.0 Å². The minimum atomic E-state index is -4.54. The summed E-state index contributed by atoms with van der Waals surface area (Å²) in [6.07, 6.45) is 5.29. The third kappa shape index (κ3) is 11.0. The van der Waals surface area contributed by atoms with Gasteiger partial charge in [0.05, 0.1) is 62.5 Å². The second kappa shape index (κ2) is 17.8. The van der Waals surface area contributed by atoms with Gasteiger partial charge in [0.25, 0.3) is 20.2 Å². The number of carboxylic acid groups (broad SMARTS) is 1. The Morgan fingerprint density at radius 1 is 0.828 bits per heavy atom. The molecule has 0 bridgehead atoms. The largest absolute Gasteiger partial charge is 0.748 e. The first-order valence-corrected chi connectivity index (χ1v) is 23.1. The fraction of sp³-hybridized carbons (Fsp3) is 0.474. The Labute approximate surface area is 338 Å². The Balaban J connectivity index is 1.87. The molecule has 0 amide bonds. The lowest BCUT2D eigenvalue weighted by molar-refractivity contribution is -0.437. The number of aromatic carboxylic acids is 1. The Hall–Kier alpha value is -4.47. The van der Waals surface area contributed by atoms with Gasteiger partial charge in [-0.3, -0.25) is 9.11 Å². The molecular weight excluding hydrogens is 821 g/mol. The van der Waals surface area contributed by atoms with Crippen molar-refractivity contribution in [2.24, 2.45) is 0 Å². The highest BCUT2D eigenvalue weighted by Crippen LogP contribution is 2.50. The van der Waals surface area contributed by atoms with Crippen molar-refractivity contribution >= 4 is 65.3 Å². The molecule has 2 aliphatic heterocycles. The van der Waals surface area contributed by atoms with Crippen LogP contribution in [-0.4, -0.2) is 116 Å². The third-order valence-corrected chi connectivity index (χ3v) is 12.2. The maximum atomic E-state index is 13.5. The first-order chi connectivity index (χ1) is 26.8. The lowest BCUT2D eigenvalue weighted by Crippen LogP contribution is -2.30. The van der Waals surface area contributed by atoms with E-state index in [0.717, 1.165) is 6.07 Å². The number of ether oxygens (including phenoxy) is 2. The van der Waals surface area contributed by atoms with Gasteiger partial charge in [-0.1, -0.05) is 32.9 Å². The van der Waals surface area contributed by atoms with E-state index in [1.807, 2.05) is 25.3 Å². The zero-order valence-electron chi connectivity index (χ0n) is 32.8. The fourth-order valence-corrected chi connectivity index (χ4v) is 8.89. The Morgan fingerprint density at radius 2 is 1.45 bits per heavy atom. The summed E-state index contributed by atoms with van der Waals surface area (Å²) in [6, 6.07) is 7.53. The predicted molar refractivity (Wildman–Crippen MR) is 212 cm³/mol. The molecule has 0 spiro atoms. The molecular formula is C38H48N2O15S3. The normalized spacial score (nSPS) is 16.8. The molecule has 0 aromatic heterocycles. The van der Waals surface area contributed by atoms with Crippen LogP contribution in [0.3, 0.4) is 0 Å². The van der Waals surface area contributed by atoms with E-state index in [1.165, 1.54) is 6.07 Å². The number of allylic oxidation sites excluding steroid dienone is 4. The summed E-state index contributed by atoms with van der Waals surface area (Å²) in [6.45, 7) is 8.90. The van der Waals surface area contributed by atoms with Crippen molar-refractivity contribution in [2.75, 3.05) is 48.5 Å². The molecule has 2 aromatic carbocycles. The van der Waals surface area contributed by atoms with Crippen molar-refractivity contribution in [2.45, 2.75) is 71.1 Å². The monoisotopic (exact) mass is 868 g/mol. The predicted octanol–water partition coefficient (Wildman–Crippen LogP) is 4.21. The van der Waals surface area contributed by atoms with Gasteiger partial charge >= 0.3 is 17.9 Å². The van der Waals surface area contributed by atoms with E-state index >= 15 is 0 Å². The molecule has 0 saturated carbocycles. The minimum Gasteiger partial charge on any atom is -0.748 e. The molecule has 4 rings (SSSR count). The Morgan fingerprint density at radius 3 is 2.05 bits per heavy atom. The topological polar surface area (TPSA) is 262 Å². The van der Waals surface area contributed by atoms with Crippen LogP contribution in [0.25, 0.3) is 0 Å². The second-order valence-corrected chi connectivity index (χ2v) is 19.6. The molecule has 318 valence electrons. The number of carbonyl (C=O) groups is 3. The average molecular weight is 869 g/mol. The molecule has 2 heterocycles. The van der Waals surface area contributed by atoms with Crippen molar-refractivity contribution in [1.82, 2.24) is 0 Å². The summed E-state index contributed by atoms with van der Waals surface area (Å²) >= 11 is 0. The number of hydrogen-bond donors (Lipinski definition) is 3. The van der Waals surface area contributed by atoms with E-state index < -0.39 is 83.0 Å². The SMILES string of the molecule is CCCOC(=O)c1cccc2c1C(C)(C)C(/C=C/C=C1/N(CCCS(=O)(=O)O)c3cc(C(=O)O)cc(C(=O)OCCCS(=O)(=O)O)c3C1(C)C)=[N+]2CCCS(=O)(=O)[O-]. The van der Waals surface area contributed by atoms with Crippen LogP contribution >= 0.6 is 0 Å². The summed E-state index contributed by atoms with van der Waals surface area (Å²) < 4.78 is 112. The van der Waals surface area contributed by atoms with Crippen molar-refractivity contribution < 1.29 is 72.5 Å². The first kappa shape index (κ1) is 46.2. The van der Waals surface area contributed by atoms with Gasteiger partial charge in [-0.2, -0.15) is 21.4 Å². The van der Waals surface area contributed by atoms with Gasteiger partial charge in [-0.25, -0.2) is 22.8 Å². The summed E-state index contributed by atoms with van der Waals surface area (Å²) in [5.74, 6) is -4.85. The Kier molecular flexibility index (Phi) is 14.2. The number of nitrogens with zero attached hydrogens (tertiary/aromatic N) is 2. The van der Waals surface area contributed by atoms with Gasteiger partial charge in [0.1, 0.15) is 6.54 Å².